The molecule has 0 saturated carbocycles. The van der Waals surface area contributed by atoms with Gasteiger partial charge in [-0.05, 0) is 19.3 Å². The van der Waals surface area contributed by atoms with Crippen LogP contribution in [0.2, 0.25) is 0 Å². The molecule has 0 aliphatic rings. The van der Waals surface area contributed by atoms with Gasteiger partial charge in [0.1, 0.15) is 0 Å². The number of aliphatic hydroxyl groups excluding tert-OH is 1. The van der Waals surface area contributed by atoms with E-state index < -0.39 is 0 Å². The van der Waals surface area contributed by atoms with Crippen molar-refractivity contribution < 1.29 is 5.11 Å². The first kappa shape index (κ1) is 13.7. The highest BCUT2D eigenvalue weighted by molar-refractivity contribution is 5.30. The van der Waals surface area contributed by atoms with Crippen LogP contribution in [0.25, 0.3) is 0 Å². The first-order valence-corrected chi connectivity index (χ1v) is 5.98. The van der Waals surface area contributed by atoms with Crippen molar-refractivity contribution in [1.29, 1.82) is 0 Å². The smallest absolute Gasteiger partial charge is 0.293 e. The zero-order valence-corrected chi connectivity index (χ0v) is 10.7. The van der Waals surface area contributed by atoms with Gasteiger partial charge in [0.2, 0.25) is 0 Å². The van der Waals surface area contributed by atoms with Gasteiger partial charge >= 0.3 is 0 Å². The molecule has 17 heavy (non-hydrogen) atoms. The number of aliphatic hydroxyl groups is 1. The van der Waals surface area contributed by atoms with Crippen LogP contribution in [0.1, 0.15) is 27.2 Å². The van der Waals surface area contributed by atoms with Gasteiger partial charge in [-0.1, -0.05) is 13.8 Å². The number of nitrogens with zero attached hydrogens (tertiary/aromatic N) is 2. The van der Waals surface area contributed by atoms with Gasteiger partial charge < -0.3 is 15.0 Å². The zero-order valence-electron chi connectivity index (χ0n) is 10.7. The van der Waals surface area contributed by atoms with Crippen LogP contribution in [0, 0.1) is 5.92 Å². The molecular weight excluding hydrogens is 218 g/mol. The average molecular weight is 239 g/mol. The number of hydrogen-bond acceptors (Lipinski definition) is 4. The summed E-state index contributed by atoms with van der Waals surface area (Å²) in [6.07, 6.45) is 3.54. The minimum atomic E-state index is -0.371. The highest BCUT2D eigenvalue weighted by Gasteiger charge is 2.05. The van der Waals surface area contributed by atoms with Gasteiger partial charge in [-0.25, -0.2) is 4.98 Å². The molecule has 0 saturated heterocycles. The molecule has 0 fully saturated rings. The lowest BCUT2D eigenvalue weighted by atomic mass is 10.2. The number of hydrogen-bond donors (Lipinski definition) is 2. The monoisotopic (exact) mass is 239 g/mol. The maximum absolute atomic E-state index is 12.0. The zero-order chi connectivity index (χ0) is 12.8. The van der Waals surface area contributed by atoms with E-state index >= 15 is 0 Å². The van der Waals surface area contributed by atoms with Crippen molar-refractivity contribution in [2.45, 2.75) is 39.8 Å². The van der Waals surface area contributed by atoms with Crippen molar-refractivity contribution in [2.24, 2.45) is 5.92 Å². The standard InChI is InChI=1S/C12H21N3O2/c1-9(2)8-15-7-6-14-11(12(15)17)13-5-4-10(3)16/h6-7,9-10,16H,4-5,8H2,1-3H3,(H,13,14). The Hall–Kier alpha value is -1.36. The van der Waals surface area contributed by atoms with Crippen molar-refractivity contribution in [3.63, 3.8) is 0 Å². The van der Waals surface area contributed by atoms with E-state index in [4.69, 9.17) is 5.11 Å². The molecule has 96 valence electrons. The van der Waals surface area contributed by atoms with Crippen molar-refractivity contribution in [3.8, 4) is 0 Å². The second kappa shape index (κ2) is 6.39. The lowest BCUT2D eigenvalue weighted by Gasteiger charge is -2.11. The van der Waals surface area contributed by atoms with Gasteiger partial charge in [-0.2, -0.15) is 0 Å². The Morgan fingerprint density at radius 2 is 2.18 bits per heavy atom. The molecule has 1 unspecified atom stereocenters. The Morgan fingerprint density at radius 3 is 2.76 bits per heavy atom. The van der Waals surface area contributed by atoms with E-state index in [1.807, 2.05) is 0 Å². The fourth-order valence-corrected chi connectivity index (χ4v) is 1.51. The number of rotatable bonds is 6. The van der Waals surface area contributed by atoms with Gasteiger partial charge in [0.25, 0.3) is 5.56 Å². The van der Waals surface area contributed by atoms with Crippen LogP contribution in [-0.4, -0.2) is 27.3 Å². The number of nitrogens with one attached hydrogen (secondary N) is 1. The lowest BCUT2D eigenvalue weighted by molar-refractivity contribution is 0.188. The van der Waals surface area contributed by atoms with Crippen LogP contribution in [0.4, 0.5) is 5.82 Å². The molecular formula is C12H21N3O2. The van der Waals surface area contributed by atoms with E-state index in [1.54, 1.807) is 23.9 Å². The third kappa shape index (κ3) is 4.56. The Morgan fingerprint density at radius 1 is 1.47 bits per heavy atom. The molecule has 1 aromatic rings. The summed E-state index contributed by atoms with van der Waals surface area (Å²) in [6, 6.07) is 0. The predicted molar refractivity (Wildman–Crippen MR) is 68.1 cm³/mol. The van der Waals surface area contributed by atoms with Gasteiger partial charge in [-0.15, -0.1) is 0 Å². The van der Waals surface area contributed by atoms with Gasteiger partial charge in [0, 0.05) is 25.5 Å². The highest BCUT2D eigenvalue weighted by Crippen LogP contribution is 1.99. The lowest BCUT2D eigenvalue weighted by Crippen LogP contribution is -2.26. The first-order chi connectivity index (χ1) is 8.00. The first-order valence-electron chi connectivity index (χ1n) is 5.98. The van der Waals surface area contributed by atoms with E-state index in [-0.39, 0.29) is 11.7 Å². The van der Waals surface area contributed by atoms with Crippen LogP contribution in [0.15, 0.2) is 17.2 Å². The van der Waals surface area contributed by atoms with Crippen LogP contribution in [0.5, 0.6) is 0 Å². The van der Waals surface area contributed by atoms with Crippen molar-refractivity contribution in [2.75, 3.05) is 11.9 Å². The Labute approximate surface area is 102 Å². The number of anilines is 1. The molecule has 0 bridgehead atoms. The van der Waals surface area contributed by atoms with Crippen LogP contribution in [0.3, 0.4) is 0 Å². The Balaban J connectivity index is 2.70. The van der Waals surface area contributed by atoms with E-state index in [1.165, 1.54) is 0 Å². The largest absolute Gasteiger partial charge is 0.393 e. The summed E-state index contributed by atoms with van der Waals surface area (Å²) < 4.78 is 1.66. The molecule has 0 aliphatic carbocycles. The van der Waals surface area contributed by atoms with Crippen molar-refractivity contribution in [1.82, 2.24) is 9.55 Å². The molecule has 0 aromatic carbocycles. The fraction of sp³-hybridized carbons (Fsp3) is 0.667. The molecule has 0 spiro atoms. The van der Waals surface area contributed by atoms with Gasteiger partial charge in [0.05, 0.1) is 6.10 Å². The Bertz CT molecular complexity index is 399. The SMILES string of the molecule is CC(C)Cn1ccnc(NCCC(C)O)c1=O. The summed E-state index contributed by atoms with van der Waals surface area (Å²) >= 11 is 0. The van der Waals surface area contributed by atoms with Gasteiger partial charge in [-0.3, -0.25) is 4.79 Å². The molecule has 1 atom stereocenters. The molecule has 2 N–H and O–H groups in total. The van der Waals surface area contributed by atoms with E-state index in [0.29, 0.717) is 31.2 Å². The van der Waals surface area contributed by atoms with Crippen molar-refractivity contribution in [3.05, 3.63) is 22.7 Å². The fourth-order valence-electron chi connectivity index (χ4n) is 1.51. The van der Waals surface area contributed by atoms with Crippen LogP contribution < -0.4 is 10.9 Å². The molecule has 0 amide bonds. The minimum absolute atomic E-state index is 0.105. The van der Waals surface area contributed by atoms with Crippen LogP contribution in [-0.2, 0) is 6.54 Å². The molecule has 5 nitrogen and oxygen atoms in total. The van der Waals surface area contributed by atoms with E-state index in [2.05, 4.69) is 24.1 Å². The normalized spacial score (nSPS) is 12.8. The molecule has 1 aromatic heterocycles. The summed E-state index contributed by atoms with van der Waals surface area (Å²) in [5, 5.41) is 12.1. The third-order valence-corrected chi connectivity index (χ3v) is 2.33. The highest BCUT2D eigenvalue weighted by atomic mass is 16.3. The molecule has 1 heterocycles. The summed E-state index contributed by atoms with van der Waals surface area (Å²) in [6.45, 7) is 7.08. The summed E-state index contributed by atoms with van der Waals surface area (Å²) in [5.74, 6) is 0.772. The van der Waals surface area contributed by atoms with Crippen molar-refractivity contribution >= 4 is 5.82 Å². The minimum Gasteiger partial charge on any atom is -0.393 e. The maximum atomic E-state index is 12.0. The molecule has 0 radical (unpaired) electrons. The molecule has 1 rings (SSSR count). The van der Waals surface area contributed by atoms with E-state index in [0.717, 1.165) is 0 Å². The summed E-state index contributed by atoms with van der Waals surface area (Å²) in [7, 11) is 0. The van der Waals surface area contributed by atoms with Gasteiger partial charge in [0.15, 0.2) is 5.82 Å². The quantitative estimate of drug-likeness (QED) is 0.779. The summed E-state index contributed by atoms with van der Waals surface area (Å²) in [4.78, 5) is 16.0. The topological polar surface area (TPSA) is 67.2 Å². The second-order valence-electron chi connectivity index (χ2n) is 4.69. The maximum Gasteiger partial charge on any atom is 0.293 e. The predicted octanol–water partition coefficient (Wildman–Crippen LogP) is 1.08. The second-order valence-corrected chi connectivity index (χ2v) is 4.69. The molecule has 5 heteroatoms. The molecule has 0 aliphatic heterocycles. The Kier molecular flexibility index (Phi) is 5.15. The third-order valence-electron chi connectivity index (χ3n) is 2.33. The van der Waals surface area contributed by atoms with Crippen LogP contribution >= 0.6 is 0 Å². The summed E-state index contributed by atoms with van der Waals surface area (Å²) in [5.41, 5.74) is -0.105. The number of aromatic nitrogens is 2. The average Bonchev–Trinajstić information content (AvgIpc) is 2.22. The van der Waals surface area contributed by atoms with E-state index in [9.17, 15) is 4.79 Å².